The van der Waals surface area contributed by atoms with Crippen LogP contribution in [-0.4, -0.2) is 25.4 Å². The molecule has 0 bridgehead atoms. The number of hydrogen-bond acceptors (Lipinski definition) is 3. The summed E-state index contributed by atoms with van der Waals surface area (Å²) in [4.78, 5) is 0. The minimum absolute atomic E-state index is 0.105. The van der Waals surface area contributed by atoms with Crippen LogP contribution in [0.1, 0.15) is 59.1 Å². The summed E-state index contributed by atoms with van der Waals surface area (Å²) in [6.07, 6.45) is 2.26. The van der Waals surface area contributed by atoms with E-state index in [-0.39, 0.29) is 5.60 Å². The molecule has 0 aliphatic heterocycles. The summed E-state index contributed by atoms with van der Waals surface area (Å²) in [5.41, 5.74) is 1.22. The van der Waals surface area contributed by atoms with Crippen molar-refractivity contribution in [3.8, 4) is 5.75 Å². The van der Waals surface area contributed by atoms with E-state index in [0.717, 1.165) is 25.1 Å². The molecule has 0 aromatic heterocycles. The van der Waals surface area contributed by atoms with E-state index < -0.39 is 0 Å². The first kappa shape index (κ1) is 18.0. The zero-order chi connectivity index (χ0) is 15.7. The van der Waals surface area contributed by atoms with Crippen molar-refractivity contribution in [1.29, 1.82) is 0 Å². The molecule has 1 aromatic rings. The third-order valence-corrected chi connectivity index (χ3v) is 3.22. The Morgan fingerprint density at radius 2 is 1.71 bits per heavy atom. The minimum Gasteiger partial charge on any atom is -0.491 e. The summed E-state index contributed by atoms with van der Waals surface area (Å²) < 4.78 is 11.3. The Kier molecular flexibility index (Phi) is 7.76. The highest BCUT2D eigenvalue weighted by Crippen LogP contribution is 2.20. The molecule has 120 valence electrons. The van der Waals surface area contributed by atoms with Gasteiger partial charge in [0.25, 0.3) is 0 Å². The minimum atomic E-state index is -0.105. The van der Waals surface area contributed by atoms with E-state index in [9.17, 15) is 0 Å². The van der Waals surface area contributed by atoms with Crippen molar-refractivity contribution in [2.75, 3.05) is 19.8 Å². The van der Waals surface area contributed by atoms with Gasteiger partial charge < -0.3 is 14.8 Å². The van der Waals surface area contributed by atoms with Crippen LogP contribution < -0.4 is 10.1 Å². The zero-order valence-corrected chi connectivity index (χ0v) is 14.2. The fourth-order valence-electron chi connectivity index (χ4n) is 2.12. The molecule has 1 rings (SSSR count). The van der Waals surface area contributed by atoms with Crippen LogP contribution in [-0.2, 0) is 4.74 Å². The van der Waals surface area contributed by atoms with E-state index >= 15 is 0 Å². The van der Waals surface area contributed by atoms with Gasteiger partial charge in [0.15, 0.2) is 0 Å². The van der Waals surface area contributed by atoms with Crippen LogP contribution in [0.4, 0.5) is 0 Å². The normalized spacial score (nSPS) is 13.2. The molecule has 0 radical (unpaired) electrons. The lowest BCUT2D eigenvalue weighted by Gasteiger charge is -2.20. The van der Waals surface area contributed by atoms with Gasteiger partial charge in [0.1, 0.15) is 12.4 Å². The number of hydrogen-bond donors (Lipinski definition) is 1. The molecule has 1 atom stereocenters. The van der Waals surface area contributed by atoms with Crippen molar-refractivity contribution in [3.05, 3.63) is 29.8 Å². The third-order valence-electron chi connectivity index (χ3n) is 3.22. The lowest BCUT2D eigenvalue weighted by molar-refractivity contribution is -0.0163. The zero-order valence-electron chi connectivity index (χ0n) is 14.2. The maximum atomic E-state index is 5.71. The van der Waals surface area contributed by atoms with E-state index in [1.165, 1.54) is 5.56 Å². The van der Waals surface area contributed by atoms with Crippen LogP contribution >= 0.6 is 0 Å². The summed E-state index contributed by atoms with van der Waals surface area (Å²) >= 11 is 0. The van der Waals surface area contributed by atoms with Gasteiger partial charge in [-0.25, -0.2) is 0 Å². The molecule has 0 aliphatic rings. The molecular formula is C18H31NO2. The molecule has 0 saturated carbocycles. The van der Waals surface area contributed by atoms with Gasteiger partial charge in [0.05, 0.1) is 12.2 Å². The second-order valence-corrected chi connectivity index (χ2v) is 6.29. The first-order valence-electron chi connectivity index (χ1n) is 8.06. The standard InChI is InChI=1S/C18H31NO2/c1-6-12-19-17(7-2)15-8-10-16(11-9-15)20-13-14-21-18(3,4)5/h8-11,17,19H,6-7,12-14H2,1-5H3. The first-order chi connectivity index (χ1) is 9.96. The van der Waals surface area contributed by atoms with Crippen molar-refractivity contribution < 1.29 is 9.47 Å². The van der Waals surface area contributed by atoms with Gasteiger partial charge in [-0.3, -0.25) is 0 Å². The van der Waals surface area contributed by atoms with Crippen LogP contribution in [0.2, 0.25) is 0 Å². The molecule has 0 amide bonds. The molecule has 0 fully saturated rings. The van der Waals surface area contributed by atoms with Crippen LogP contribution in [0.15, 0.2) is 24.3 Å². The van der Waals surface area contributed by atoms with Crippen LogP contribution in [0.25, 0.3) is 0 Å². The SMILES string of the molecule is CCCNC(CC)c1ccc(OCCOC(C)(C)C)cc1. The Balaban J connectivity index is 2.42. The van der Waals surface area contributed by atoms with Gasteiger partial charge >= 0.3 is 0 Å². The lowest BCUT2D eigenvalue weighted by atomic mass is 10.0. The Labute approximate surface area is 130 Å². The monoisotopic (exact) mass is 293 g/mol. The first-order valence-corrected chi connectivity index (χ1v) is 8.06. The van der Waals surface area contributed by atoms with Crippen molar-refractivity contribution in [3.63, 3.8) is 0 Å². The van der Waals surface area contributed by atoms with Gasteiger partial charge in [-0.05, 0) is 57.9 Å². The quantitative estimate of drug-likeness (QED) is 0.687. The lowest BCUT2D eigenvalue weighted by Crippen LogP contribution is -2.22. The van der Waals surface area contributed by atoms with E-state index in [2.05, 4.69) is 52.1 Å². The molecule has 0 spiro atoms. The maximum Gasteiger partial charge on any atom is 0.119 e. The van der Waals surface area contributed by atoms with Gasteiger partial charge in [-0.15, -0.1) is 0 Å². The number of rotatable bonds is 9. The average molecular weight is 293 g/mol. The topological polar surface area (TPSA) is 30.5 Å². The Hall–Kier alpha value is -1.06. The second-order valence-electron chi connectivity index (χ2n) is 6.29. The second kappa shape index (κ2) is 9.06. The van der Waals surface area contributed by atoms with E-state index in [0.29, 0.717) is 19.3 Å². The summed E-state index contributed by atoms with van der Waals surface area (Å²) in [6.45, 7) is 12.8. The molecule has 0 heterocycles. The molecule has 1 N–H and O–H groups in total. The molecule has 1 unspecified atom stereocenters. The fourth-order valence-corrected chi connectivity index (χ4v) is 2.12. The molecule has 3 heteroatoms. The average Bonchev–Trinajstić information content (AvgIpc) is 2.45. The number of benzene rings is 1. The van der Waals surface area contributed by atoms with Crippen molar-refractivity contribution >= 4 is 0 Å². The highest BCUT2D eigenvalue weighted by Gasteiger charge is 2.10. The molecular weight excluding hydrogens is 262 g/mol. The van der Waals surface area contributed by atoms with E-state index in [1.54, 1.807) is 0 Å². The maximum absolute atomic E-state index is 5.71. The summed E-state index contributed by atoms with van der Waals surface area (Å²) in [5, 5.41) is 3.56. The number of nitrogens with one attached hydrogen (secondary N) is 1. The van der Waals surface area contributed by atoms with Crippen molar-refractivity contribution in [2.24, 2.45) is 0 Å². The van der Waals surface area contributed by atoms with Crippen LogP contribution in [0, 0.1) is 0 Å². The fraction of sp³-hybridized carbons (Fsp3) is 0.667. The predicted molar refractivity (Wildman–Crippen MR) is 89.0 cm³/mol. The molecule has 0 aliphatic carbocycles. The van der Waals surface area contributed by atoms with E-state index in [1.807, 2.05) is 12.1 Å². The Morgan fingerprint density at radius 1 is 1.05 bits per heavy atom. The van der Waals surface area contributed by atoms with Gasteiger partial charge in [0, 0.05) is 6.04 Å². The largest absolute Gasteiger partial charge is 0.491 e. The third kappa shape index (κ3) is 7.49. The van der Waals surface area contributed by atoms with Gasteiger partial charge in [-0.1, -0.05) is 26.0 Å². The van der Waals surface area contributed by atoms with Crippen LogP contribution in [0.5, 0.6) is 5.75 Å². The highest BCUT2D eigenvalue weighted by molar-refractivity contribution is 5.29. The Morgan fingerprint density at radius 3 is 2.24 bits per heavy atom. The summed E-state index contributed by atoms with van der Waals surface area (Å²) in [5.74, 6) is 0.904. The smallest absolute Gasteiger partial charge is 0.119 e. The molecule has 1 aromatic carbocycles. The highest BCUT2D eigenvalue weighted by atomic mass is 16.5. The summed E-state index contributed by atoms with van der Waals surface area (Å²) in [6, 6.07) is 8.82. The van der Waals surface area contributed by atoms with Crippen LogP contribution in [0.3, 0.4) is 0 Å². The molecule has 0 saturated heterocycles. The number of ether oxygens (including phenoxy) is 2. The van der Waals surface area contributed by atoms with Crippen molar-refractivity contribution in [1.82, 2.24) is 5.32 Å². The van der Waals surface area contributed by atoms with Gasteiger partial charge in [-0.2, -0.15) is 0 Å². The Bertz CT molecular complexity index is 381. The van der Waals surface area contributed by atoms with Gasteiger partial charge in [0.2, 0.25) is 0 Å². The van der Waals surface area contributed by atoms with Crippen molar-refractivity contribution in [2.45, 2.75) is 59.1 Å². The summed E-state index contributed by atoms with van der Waals surface area (Å²) in [7, 11) is 0. The molecule has 21 heavy (non-hydrogen) atoms. The van der Waals surface area contributed by atoms with E-state index in [4.69, 9.17) is 9.47 Å². The predicted octanol–water partition coefficient (Wildman–Crippen LogP) is 4.33. The molecule has 3 nitrogen and oxygen atoms in total.